The maximum atomic E-state index is 5.17. The SMILES string of the molecule is CC(=S)OCCCC[C@H]1CS1. The lowest BCUT2D eigenvalue weighted by Gasteiger charge is -2.01. The highest BCUT2D eigenvalue weighted by atomic mass is 32.2. The summed E-state index contributed by atoms with van der Waals surface area (Å²) >= 11 is 6.85. The summed E-state index contributed by atoms with van der Waals surface area (Å²) in [5, 5.41) is 1.65. The third-order valence-electron chi connectivity index (χ3n) is 1.63. The quantitative estimate of drug-likeness (QED) is 0.375. The van der Waals surface area contributed by atoms with Gasteiger partial charge in [-0.2, -0.15) is 11.8 Å². The molecule has 3 heteroatoms. The molecule has 1 saturated heterocycles. The maximum absolute atomic E-state index is 5.17. The van der Waals surface area contributed by atoms with Gasteiger partial charge in [0.15, 0.2) is 5.05 Å². The summed E-state index contributed by atoms with van der Waals surface area (Å²) in [6, 6.07) is 0. The molecule has 0 N–H and O–H groups in total. The first-order valence-corrected chi connectivity index (χ1v) is 5.49. The van der Waals surface area contributed by atoms with Gasteiger partial charge in [0.25, 0.3) is 0 Å². The Kier molecular flexibility index (Phi) is 4.23. The van der Waals surface area contributed by atoms with Gasteiger partial charge in [0, 0.05) is 17.9 Å². The first kappa shape index (κ1) is 9.33. The zero-order valence-corrected chi connectivity index (χ0v) is 8.47. The summed E-state index contributed by atoms with van der Waals surface area (Å²) in [7, 11) is 0. The smallest absolute Gasteiger partial charge is 0.156 e. The first-order valence-electron chi connectivity index (χ1n) is 4.04. The van der Waals surface area contributed by atoms with E-state index in [1.165, 1.54) is 18.6 Å². The molecule has 1 aliphatic rings. The van der Waals surface area contributed by atoms with Crippen molar-refractivity contribution in [1.29, 1.82) is 0 Å². The van der Waals surface area contributed by atoms with Crippen molar-refractivity contribution in [1.82, 2.24) is 0 Å². The molecule has 0 amide bonds. The van der Waals surface area contributed by atoms with Crippen LogP contribution in [0.5, 0.6) is 0 Å². The van der Waals surface area contributed by atoms with Crippen LogP contribution in [0, 0.1) is 0 Å². The van der Waals surface area contributed by atoms with Crippen LogP contribution in [0.4, 0.5) is 0 Å². The Labute approximate surface area is 77.9 Å². The lowest BCUT2D eigenvalue weighted by atomic mass is 10.2. The van der Waals surface area contributed by atoms with E-state index in [0.717, 1.165) is 18.3 Å². The fourth-order valence-corrected chi connectivity index (χ4v) is 1.64. The molecule has 11 heavy (non-hydrogen) atoms. The minimum absolute atomic E-state index is 0.672. The van der Waals surface area contributed by atoms with E-state index in [1.807, 2.05) is 6.92 Å². The summed E-state index contributed by atoms with van der Waals surface area (Å²) in [5.74, 6) is 1.38. The Balaban J connectivity index is 1.76. The fourth-order valence-electron chi connectivity index (χ4n) is 0.925. The molecule has 0 aromatic heterocycles. The molecule has 1 atom stereocenters. The van der Waals surface area contributed by atoms with E-state index < -0.39 is 0 Å². The van der Waals surface area contributed by atoms with Gasteiger partial charge in [-0.1, -0.05) is 0 Å². The molecule has 1 fully saturated rings. The Hall–Kier alpha value is 0.240. The van der Waals surface area contributed by atoms with Crippen LogP contribution in [-0.4, -0.2) is 22.7 Å². The van der Waals surface area contributed by atoms with Gasteiger partial charge in [0.05, 0.1) is 6.61 Å². The molecule has 1 heterocycles. The third-order valence-corrected chi connectivity index (χ3v) is 2.79. The van der Waals surface area contributed by atoms with Crippen LogP contribution in [0.2, 0.25) is 0 Å². The second kappa shape index (κ2) is 4.99. The van der Waals surface area contributed by atoms with Crippen molar-refractivity contribution < 1.29 is 4.74 Å². The lowest BCUT2D eigenvalue weighted by Crippen LogP contribution is -1.98. The van der Waals surface area contributed by atoms with E-state index >= 15 is 0 Å². The summed E-state index contributed by atoms with van der Waals surface area (Å²) in [6.45, 7) is 2.64. The molecule has 64 valence electrons. The Morgan fingerprint density at radius 2 is 2.36 bits per heavy atom. The average molecular weight is 190 g/mol. The molecule has 0 radical (unpaired) electrons. The summed E-state index contributed by atoms with van der Waals surface area (Å²) < 4.78 is 5.17. The zero-order chi connectivity index (χ0) is 8.10. The largest absolute Gasteiger partial charge is 0.487 e. The number of hydrogen-bond donors (Lipinski definition) is 0. The number of unbranched alkanes of at least 4 members (excludes halogenated alkanes) is 1. The van der Waals surface area contributed by atoms with Gasteiger partial charge in [-0.3, -0.25) is 0 Å². The molecule has 0 aromatic carbocycles. The van der Waals surface area contributed by atoms with Crippen LogP contribution in [0.3, 0.4) is 0 Å². The number of rotatable bonds is 5. The van der Waals surface area contributed by atoms with Crippen molar-refractivity contribution in [3.63, 3.8) is 0 Å². The van der Waals surface area contributed by atoms with E-state index in [0.29, 0.717) is 5.05 Å². The van der Waals surface area contributed by atoms with Crippen LogP contribution in [0.25, 0.3) is 0 Å². The van der Waals surface area contributed by atoms with Gasteiger partial charge in [-0.05, 0) is 31.5 Å². The molecule has 0 spiro atoms. The highest BCUT2D eigenvalue weighted by molar-refractivity contribution is 8.06. The van der Waals surface area contributed by atoms with E-state index in [9.17, 15) is 0 Å². The minimum atomic E-state index is 0.672. The second-order valence-electron chi connectivity index (χ2n) is 2.79. The van der Waals surface area contributed by atoms with Crippen LogP contribution < -0.4 is 0 Å². The first-order chi connectivity index (χ1) is 5.29. The van der Waals surface area contributed by atoms with Crippen molar-refractivity contribution in [2.75, 3.05) is 12.4 Å². The molecule has 0 aromatic rings. The molecule has 0 aliphatic carbocycles. The van der Waals surface area contributed by atoms with Gasteiger partial charge in [0.1, 0.15) is 0 Å². The molecular formula is C8H14OS2. The lowest BCUT2D eigenvalue weighted by molar-refractivity contribution is 0.299. The van der Waals surface area contributed by atoms with Crippen molar-refractivity contribution >= 4 is 29.0 Å². The third kappa shape index (κ3) is 5.50. The van der Waals surface area contributed by atoms with E-state index in [4.69, 9.17) is 17.0 Å². The summed E-state index contributed by atoms with van der Waals surface area (Å²) in [6.07, 6.45) is 3.82. The monoisotopic (exact) mass is 190 g/mol. The van der Waals surface area contributed by atoms with E-state index in [1.54, 1.807) is 0 Å². The van der Waals surface area contributed by atoms with Crippen LogP contribution >= 0.6 is 24.0 Å². The Morgan fingerprint density at radius 3 is 2.91 bits per heavy atom. The standard InChI is InChI=1S/C8H14OS2/c1-7(10)9-5-3-2-4-8-6-11-8/h8H,2-6H2,1H3/t8-/m0/s1. The molecule has 1 rings (SSSR count). The number of thiocarbonyl (C=S) groups is 1. The second-order valence-corrected chi connectivity index (χ2v) is 4.70. The topological polar surface area (TPSA) is 9.23 Å². The van der Waals surface area contributed by atoms with Crippen molar-refractivity contribution in [2.45, 2.75) is 31.4 Å². The highest BCUT2D eigenvalue weighted by Crippen LogP contribution is 2.34. The number of thioether (sulfide) groups is 1. The molecule has 1 aliphatic heterocycles. The molecule has 0 unspecified atom stereocenters. The maximum Gasteiger partial charge on any atom is 0.156 e. The van der Waals surface area contributed by atoms with Crippen LogP contribution in [0.1, 0.15) is 26.2 Å². The Morgan fingerprint density at radius 1 is 1.64 bits per heavy atom. The Bertz CT molecular complexity index is 132. The molecule has 1 nitrogen and oxygen atoms in total. The van der Waals surface area contributed by atoms with E-state index in [-0.39, 0.29) is 0 Å². The minimum Gasteiger partial charge on any atom is -0.487 e. The van der Waals surface area contributed by atoms with Gasteiger partial charge in [0.2, 0.25) is 0 Å². The predicted molar refractivity (Wildman–Crippen MR) is 54.3 cm³/mol. The summed E-state index contributed by atoms with van der Waals surface area (Å²) in [5.41, 5.74) is 0. The van der Waals surface area contributed by atoms with Crippen LogP contribution in [0.15, 0.2) is 0 Å². The van der Waals surface area contributed by atoms with Gasteiger partial charge in [-0.15, -0.1) is 0 Å². The van der Waals surface area contributed by atoms with Gasteiger partial charge < -0.3 is 4.74 Å². The fraction of sp³-hybridized carbons (Fsp3) is 0.875. The molecule has 0 bridgehead atoms. The highest BCUT2D eigenvalue weighted by Gasteiger charge is 2.20. The van der Waals surface area contributed by atoms with Gasteiger partial charge in [-0.25, -0.2) is 0 Å². The molecular weight excluding hydrogens is 176 g/mol. The average Bonchev–Trinajstić information content (AvgIpc) is 2.70. The zero-order valence-electron chi connectivity index (χ0n) is 6.84. The van der Waals surface area contributed by atoms with Crippen molar-refractivity contribution in [3.05, 3.63) is 0 Å². The number of ether oxygens (including phenoxy) is 1. The van der Waals surface area contributed by atoms with Gasteiger partial charge >= 0.3 is 0 Å². The normalized spacial score (nSPS) is 21.4. The summed E-state index contributed by atoms with van der Waals surface area (Å²) in [4.78, 5) is 0. The molecule has 0 saturated carbocycles. The number of hydrogen-bond acceptors (Lipinski definition) is 3. The predicted octanol–water partition coefficient (Wildman–Crippen LogP) is 2.64. The van der Waals surface area contributed by atoms with Crippen molar-refractivity contribution in [2.24, 2.45) is 0 Å². The van der Waals surface area contributed by atoms with E-state index in [2.05, 4.69) is 11.8 Å². The van der Waals surface area contributed by atoms with Crippen molar-refractivity contribution in [3.8, 4) is 0 Å². The van der Waals surface area contributed by atoms with Crippen LogP contribution in [-0.2, 0) is 4.74 Å².